The normalized spacial score (nSPS) is 21.4. The molecule has 2 aromatic rings. The summed E-state index contributed by atoms with van der Waals surface area (Å²) >= 11 is 0. The molecule has 1 aliphatic carbocycles. The van der Waals surface area contributed by atoms with Crippen molar-refractivity contribution in [3.8, 4) is 0 Å². The minimum atomic E-state index is -4.40. The number of rotatable bonds is 1. The molecule has 0 spiro atoms. The fraction of sp³-hybridized carbons (Fsp3) is 0.250. The number of aryl methyl sites for hydroxylation is 1. The molecule has 0 aliphatic heterocycles. The van der Waals surface area contributed by atoms with Gasteiger partial charge in [-0.2, -0.15) is 13.2 Å². The maximum absolute atomic E-state index is 13.2. The lowest BCUT2D eigenvalue weighted by Crippen LogP contribution is -2.24. The molecule has 0 radical (unpaired) electrons. The van der Waals surface area contributed by atoms with Crippen molar-refractivity contribution in [1.82, 2.24) is 0 Å². The smallest absolute Gasteiger partial charge is 0.380 e. The second-order valence-corrected chi connectivity index (χ2v) is 5.24. The van der Waals surface area contributed by atoms with Gasteiger partial charge in [0.15, 0.2) is 0 Å². The van der Waals surface area contributed by atoms with Crippen molar-refractivity contribution in [2.45, 2.75) is 24.6 Å². The van der Waals surface area contributed by atoms with Crippen molar-refractivity contribution < 1.29 is 22.7 Å². The van der Waals surface area contributed by atoms with Gasteiger partial charge in [0.25, 0.3) is 0 Å². The van der Waals surface area contributed by atoms with Crippen LogP contribution in [-0.4, -0.2) is 5.11 Å². The number of halogens is 4. The van der Waals surface area contributed by atoms with Crippen LogP contribution < -0.4 is 0 Å². The Labute approximate surface area is 118 Å². The summed E-state index contributed by atoms with van der Waals surface area (Å²) in [6.45, 7) is 0. The molecule has 0 saturated carbocycles. The van der Waals surface area contributed by atoms with Crippen LogP contribution in [0.1, 0.15) is 28.7 Å². The summed E-state index contributed by atoms with van der Waals surface area (Å²) in [5.41, 5.74) is -0.471. The van der Waals surface area contributed by atoms with E-state index < -0.39 is 17.3 Å². The highest BCUT2D eigenvalue weighted by molar-refractivity contribution is 5.46. The Morgan fingerprint density at radius 2 is 1.67 bits per heavy atom. The average Bonchev–Trinajstić information content (AvgIpc) is 2.76. The Balaban J connectivity index is 2.02. The van der Waals surface area contributed by atoms with Gasteiger partial charge in [0.2, 0.25) is 0 Å². The molecule has 1 nitrogen and oxygen atoms in total. The van der Waals surface area contributed by atoms with Gasteiger partial charge in [-0.3, -0.25) is 0 Å². The lowest BCUT2D eigenvalue weighted by molar-refractivity contribution is -0.137. The van der Waals surface area contributed by atoms with E-state index in [4.69, 9.17) is 0 Å². The van der Waals surface area contributed by atoms with Gasteiger partial charge in [0.05, 0.1) is 5.56 Å². The first-order chi connectivity index (χ1) is 9.80. The van der Waals surface area contributed by atoms with E-state index in [0.717, 1.165) is 12.1 Å². The van der Waals surface area contributed by atoms with E-state index in [1.807, 2.05) is 0 Å². The van der Waals surface area contributed by atoms with Crippen molar-refractivity contribution >= 4 is 0 Å². The number of benzene rings is 2. The van der Waals surface area contributed by atoms with Gasteiger partial charge in [0, 0.05) is 0 Å². The maximum atomic E-state index is 13.2. The third-order valence-electron chi connectivity index (χ3n) is 3.96. The Hall–Kier alpha value is -1.88. The molecule has 3 rings (SSSR count). The number of fused-ring (bicyclic) bond motifs is 1. The number of aliphatic hydroxyl groups is 1. The molecule has 0 aromatic heterocycles. The van der Waals surface area contributed by atoms with Gasteiger partial charge < -0.3 is 5.11 Å². The lowest BCUT2D eigenvalue weighted by atomic mass is 9.87. The van der Waals surface area contributed by atoms with Crippen molar-refractivity contribution in [2.75, 3.05) is 0 Å². The van der Waals surface area contributed by atoms with E-state index in [1.54, 1.807) is 0 Å². The number of hydrogen-bond donors (Lipinski definition) is 1. The SMILES string of the molecule is OC1(c2ccc(C(F)(F)F)cc2)CCc2cc(F)ccc21. The molecule has 5 heteroatoms. The van der Waals surface area contributed by atoms with Crippen molar-refractivity contribution in [2.24, 2.45) is 0 Å². The van der Waals surface area contributed by atoms with E-state index in [9.17, 15) is 22.7 Å². The molecule has 1 atom stereocenters. The fourth-order valence-corrected chi connectivity index (χ4v) is 2.86. The van der Waals surface area contributed by atoms with E-state index in [0.29, 0.717) is 29.5 Å². The molecule has 0 bridgehead atoms. The zero-order valence-corrected chi connectivity index (χ0v) is 10.9. The summed E-state index contributed by atoms with van der Waals surface area (Å²) < 4.78 is 50.9. The van der Waals surface area contributed by atoms with E-state index in [1.165, 1.54) is 30.3 Å². The zero-order valence-electron chi connectivity index (χ0n) is 10.9. The molecule has 0 amide bonds. The highest BCUT2D eigenvalue weighted by atomic mass is 19.4. The Kier molecular flexibility index (Phi) is 3.06. The molecule has 0 fully saturated rings. The molecular weight excluding hydrogens is 284 g/mol. The Morgan fingerprint density at radius 1 is 1.00 bits per heavy atom. The van der Waals surface area contributed by atoms with Crippen LogP contribution >= 0.6 is 0 Å². The minimum Gasteiger partial charge on any atom is -0.380 e. The highest BCUT2D eigenvalue weighted by Crippen LogP contribution is 2.42. The van der Waals surface area contributed by atoms with Crippen LogP contribution in [0.25, 0.3) is 0 Å². The monoisotopic (exact) mass is 296 g/mol. The zero-order chi connectivity index (χ0) is 15.3. The largest absolute Gasteiger partial charge is 0.416 e. The Bertz CT molecular complexity index is 676. The van der Waals surface area contributed by atoms with Crippen LogP contribution in [0.15, 0.2) is 42.5 Å². The predicted molar refractivity (Wildman–Crippen MR) is 69.2 cm³/mol. The first-order valence-electron chi connectivity index (χ1n) is 6.50. The van der Waals surface area contributed by atoms with Crippen LogP contribution in [0.2, 0.25) is 0 Å². The van der Waals surface area contributed by atoms with E-state index >= 15 is 0 Å². The molecule has 1 N–H and O–H groups in total. The third kappa shape index (κ3) is 2.31. The third-order valence-corrected chi connectivity index (χ3v) is 3.96. The molecule has 0 saturated heterocycles. The summed E-state index contributed by atoms with van der Waals surface area (Å²) in [6, 6.07) is 8.57. The summed E-state index contributed by atoms with van der Waals surface area (Å²) in [5, 5.41) is 10.8. The molecule has 110 valence electrons. The molecular formula is C16H12F4O. The van der Waals surface area contributed by atoms with Gasteiger partial charge in [0.1, 0.15) is 11.4 Å². The minimum absolute atomic E-state index is 0.331. The molecule has 1 unspecified atom stereocenters. The maximum Gasteiger partial charge on any atom is 0.416 e. The van der Waals surface area contributed by atoms with Gasteiger partial charge >= 0.3 is 6.18 Å². The van der Waals surface area contributed by atoms with Gasteiger partial charge in [-0.1, -0.05) is 18.2 Å². The quantitative estimate of drug-likeness (QED) is 0.788. The van der Waals surface area contributed by atoms with Gasteiger partial charge in [-0.25, -0.2) is 4.39 Å². The summed E-state index contributed by atoms with van der Waals surface area (Å²) in [5.74, 6) is -0.384. The van der Waals surface area contributed by atoms with Crippen molar-refractivity contribution in [1.29, 1.82) is 0 Å². The summed E-state index contributed by atoms with van der Waals surface area (Å²) in [4.78, 5) is 0. The molecule has 1 aliphatic rings. The highest BCUT2D eigenvalue weighted by Gasteiger charge is 2.39. The predicted octanol–water partition coefficient (Wildman–Crippen LogP) is 4.03. The molecule has 21 heavy (non-hydrogen) atoms. The summed E-state index contributed by atoms with van der Waals surface area (Å²) in [6.07, 6.45) is -3.58. The lowest BCUT2D eigenvalue weighted by Gasteiger charge is -2.25. The van der Waals surface area contributed by atoms with Crippen LogP contribution in [-0.2, 0) is 18.2 Å². The molecule has 2 aromatic carbocycles. The van der Waals surface area contributed by atoms with Gasteiger partial charge in [-0.15, -0.1) is 0 Å². The van der Waals surface area contributed by atoms with Crippen molar-refractivity contribution in [3.63, 3.8) is 0 Å². The summed E-state index contributed by atoms with van der Waals surface area (Å²) in [7, 11) is 0. The molecule has 0 heterocycles. The first-order valence-corrected chi connectivity index (χ1v) is 6.50. The van der Waals surface area contributed by atoms with Crippen LogP contribution in [0.4, 0.5) is 17.6 Å². The van der Waals surface area contributed by atoms with E-state index in [2.05, 4.69) is 0 Å². The van der Waals surface area contributed by atoms with Crippen LogP contribution in [0.3, 0.4) is 0 Å². The van der Waals surface area contributed by atoms with Crippen LogP contribution in [0, 0.1) is 5.82 Å². The van der Waals surface area contributed by atoms with Gasteiger partial charge in [-0.05, 0) is 53.8 Å². The number of alkyl halides is 3. The second-order valence-electron chi connectivity index (χ2n) is 5.24. The number of hydrogen-bond acceptors (Lipinski definition) is 1. The van der Waals surface area contributed by atoms with Crippen LogP contribution in [0.5, 0.6) is 0 Å². The topological polar surface area (TPSA) is 20.2 Å². The average molecular weight is 296 g/mol. The van der Waals surface area contributed by atoms with E-state index in [-0.39, 0.29) is 5.82 Å². The fourth-order valence-electron chi connectivity index (χ4n) is 2.86. The second kappa shape index (κ2) is 4.56. The standard InChI is InChI=1S/C16H12F4O/c17-13-5-6-14-10(9-13)7-8-15(14,21)11-1-3-12(4-2-11)16(18,19)20/h1-6,9,21H,7-8H2. The first kappa shape index (κ1) is 14.1. The van der Waals surface area contributed by atoms with Crippen molar-refractivity contribution in [3.05, 3.63) is 70.5 Å². The Morgan fingerprint density at radius 3 is 2.29 bits per heavy atom.